The molecule has 17 heavy (non-hydrogen) atoms. The van der Waals surface area contributed by atoms with Crippen molar-refractivity contribution in [2.45, 2.75) is 6.92 Å². The molecule has 1 rings (SSSR count). The Bertz CT molecular complexity index is 393. The van der Waals surface area contributed by atoms with Gasteiger partial charge in [-0.15, -0.1) is 0 Å². The molecule has 1 aromatic carbocycles. The SMILES string of the molecule is Cc1ccc(NC(=O)NCCN(C)C)c(Br)c1. The highest BCUT2D eigenvalue weighted by Crippen LogP contribution is 2.22. The topological polar surface area (TPSA) is 44.4 Å². The Morgan fingerprint density at radius 1 is 1.41 bits per heavy atom. The highest BCUT2D eigenvalue weighted by molar-refractivity contribution is 9.10. The fraction of sp³-hybridized carbons (Fsp3) is 0.417. The third-order valence-electron chi connectivity index (χ3n) is 2.22. The lowest BCUT2D eigenvalue weighted by atomic mass is 10.2. The van der Waals surface area contributed by atoms with Crippen LogP contribution in [0.2, 0.25) is 0 Å². The van der Waals surface area contributed by atoms with Gasteiger partial charge in [-0.1, -0.05) is 6.07 Å². The summed E-state index contributed by atoms with van der Waals surface area (Å²) in [7, 11) is 3.94. The number of benzene rings is 1. The summed E-state index contributed by atoms with van der Waals surface area (Å²) in [5, 5.41) is 5.59. The van der Waals surface area contributed by atoms with E-state index in [2.05, 4.69) is 26.6 Å². The number of rotatable bonds is 4. The molecular weight excluding hydrogens is 282 g/mol. The largest absolute Gasteiger partial charge is 0.337 e. The summed E-state index contributed by atoms with van der Waals surface area (Å²) < 4.78 is 0.889. The smallest absolute Gasteiger partial charge is 0.319 e. The number of likely N-dealkylation sites (N-methyl/N-ethyl adjacent to an activating group) is 1. The average Bonchev–Trinajstić information content (AvgIpc) is 2.21. The van der Waals surface area contributed by atoms with Crippen LogP contribution in [0.4, 0.5) is 10.5 Å². The van der Waals surface area contributed by atoms with Gasteiger partial charge in [0.25, 0.3) is 0 Å². The maximum Gasteiger partial charge on any atom is 0.319 e. The van der Waals surface area contributed by atoms with Gasteiger partial charge in [-0.2, -0.15) is 0 Å². The van der Waals surface area contributed by atoms with E-state index in [1.165, 1.54) is 0 Å². The lowest BCUT2D eigenvalue weighted by molar-refractivity contribution is 0.250. The first-order valence-electron chi connectivity index (χ1n) is 5.45. The number of carbonyl (C=O) groups excluding carboxylic acids is 1. The minimum atomic E-state index is -0.184. The van der Waals surface area contributed by atoms with Crippen molar-refractivity contribution in [2.24, 2.45) is 0 Å². The zero-order chi connectivity index (χ0) is 12.8. The van der Waals surface area contributed by atoms with Gasteiger partial charge in [-0.05, 0) is 54.6 Å². The monoisotopic (exact) mass is 299 g/mol. The Balaban J connectivity index is 2.45. The van der Waals surface area contributed by atoms with E-state index in [-0.39, 0.29) is 6.03 Å². The molecule has 0 heterocycles. The summed E-state index contributed by atoms with van der Waals surface area (Å²) in [6.07, 6.45) is 0. The first kappa shape index (κ1) is 14.0. The van der Waals surface area contributed by atoms with E-state index in [0.717, 1.165) is 22.3 Å². The van der Waals surface area contributed by atoms with Gasteiger partial charge in [-0.25, -0.2) is 4.79 Å². The zero-order valence-electron chi connectivity index (χ0n) is 10.4. The second kappa shape index (κ2) is 6.61. The van der Waals surface area contributed by atoms with Crippen LogP contribution < -0.4 is 10.6 Å². The Morgan fingerprint density at radius 2 is 2.12 bits per heavy atom. The van der Waals surface area contributed by atoms with Crippen LogP contribution in [-0.4, -0.2) is 38.1 Å². The van der Waals surface area contributed by atoms with Crippen molar-refractivity contribution < 1.29 is 4.79 Å². The Labute approximate surface area is 111 Å². The maximum atomic E-state index is 11.6. The molecule has 0 aliphatic carbocycles. The predicted molar refractivity (Wildman–Crippen MR) is 74.5 cm³/mol. The standard InChI is InChI=1S/C12H18BrN3O/c1-9-4-5-11(10(13)8-9)15-12(17)14-6-7-16(2)3/h4-5,8H,6-7H2,1-3H3,(H2,14,15,17). The first-order valence-corrected chi connectivity index (χ1v) is 6.24. The van der Waals surface area contributed by atoms with Gasteiger partial charge < -0.3 is 15.5 Å². The van der Waals surface area contributed by atoms with Crippen LogP contribution in [-0.2, 0) is 0 Å². The molecule has 0 spiro atoms. The molecule has 94 valence electrons. The number of nitrogens with zero attached hydrogens (tertiary/aromatic N) is 1. The molecule has 2 N–H and O–H groups in total. The molecule has 0 unspecified atom stereocenters. The highest BCUT2D eigenvalue weighted by Gasteiger charge is 2.04. The molecule has 5 heteroatoms. The van der Waals surface area contributed by atoms with Crippen LogP contribution in [0.3, 0.4) is 0 Å². The van der Waals surface area contributed by atoms with Crippen LogP contribution in [0, 0.1) is 6.92 Å². The number of hydrogen-bond acceptors (Lipinski definition) is 2. The molecule has 4 nitrogen and oxygen atoms in total. The molecule has 0 atom stereocenters. The molecule has 0 aliphatic rings. The number of urea groups is 1. The second-order valence-corrected chi connectivity index (χ2v) is 5.02. The summed E-state index contributed by atoms with van der Waals surface area (Å²) >= 11 is 3.42. The van der Waals surface area contributed by atoms with Crippen molar-refractivity contribution >= 4 is 27.6 Å². The third kappa shape index (κ3) is 5.19. The summed E-state index contributed by atoms with van der Waals surface area (Å²) in [6.45, 7) is 3.45. The molecule has 0 saturated heterocycles. The first-order chi connectivity index (χ1) is 7.99. The predicted octanol–water partition coefficient (Wildman–Crippen LogP) is 2.44. The van der Waals surface area contributed by atoms with Gasteiger partial charge in [0, 0.05) is 17.6 Å². The lowest BCUT2D eigenvalue weighted by Crippen LogP contribution is -2.34. The number of nitrogens with one attached hydrogen (secondary N) is 2. The zero-order valence-corrected chi connectivity index (χ0v) is 12.0. The molecule has 0 radical (unpaired) electrons. The van der Waals surface area contributed by atoms with E-state index < -0.39 is 0 Å². The number of halogens is 1. The Hall–Kier alpha value is -1.07. The van der Waals surface area contributed by atoms with Crippen molar-refractivity contribution in [3.05, 3.63) is 28.2 Å². The number of aryl methyl sites for hydroxylation is 1. The van der Waals surface area contributed by atoms with E-state index in [4.69, 9.17) is 0 Å². The molecule has 0 fully saturated rings. The van der Waals surface area contributed by atoms with Crippen LogP contribution in [0.5, 0.6) is 0 Å². The van der Waals surface area contributed by atoms with E-state index >= 15 is 0 Å². The van der Waals surface area contributed by atoms with E-state index in [9.17, 15) is 4.79 Å². The summed E-state index contributed by atoms with van der Waals surface area (Å²) in [6, 6.07) is 5.62. The van der Waals surface area contributed by atoms with Gasteiger partial charge in [-0.3, -0.25) is 0 Å². The van der Waals surface area contributed by atoms with Crippen LogP contribution in [0.15, 0.2) is 22.7 Å². The molecule has 0 bridgehead atoms. The normalized spacial score (nSPS) is 10.4. The summed E-state index contributed by atoms with van der Waals surface area (Å²) in [4.78, 5) is 13.6. The maximum absolute atomic E-state index is 11.6. The van der Waals surface area contributed by atoms with Gasteiger partial charge in [0.1, 0.15) is 0 Å². The van der Waals surface area contributed by atoms with Crippen molar-refractivity contribution in [3.63, 3.8) is 0 Å². The molecule has 0 saturated carbocycles. The summed E-state index contributed by atoms with van der Waals surface area (Å²) in [5.74, 6) is 0. The fourth-order valence-electron chi connectivity index (χ4n) is 1.28. The van der Waals surface area contributed by atoms with E-state index in [1.54, 1.807) is 0 Å². The van der Waals surface area contributed by atoms with E-state index in [1.807, 2.05) is 44.1 Å². The van der Waals surface area contributed by atoms with Gasteiger partial charge in [0.05, 0.1) is 5.69 Å². The van der Waals surface area contributed by atoms with Gasteiger partial charge in [0.2, 0.25) is 0 Å². The molecule has 2 amide bonds. The average molecular weight is 300 g/mol. The Morgan fingerprint density at radius 3 is 2.71 bits per heavy atom. The quantitative estimate of drug-likeness (QED) is 0.897. The number of hydrogen-bond donors (Lipinski definition) is 2. The second-order valence-electron chi connectivity index (χ2n) is 4.17. The lowest BCUT2D eigenvalue weighted by Gasteiger charge is -2.12. The number of anilines is 1. The van der Waals surface area contributed by atoms with Crippen LogP contribution in [0.25, 0.3) is 0 Å². The molecule has 1 aromatic rings. The number of carbonyl (C=O) groups is 1. The minimum absolute atomic E-state index is 0.184. The fourth-order valence-corrected chi connectivity index (χ4v) is 1.87. The van der Waals surface area contributed by atoms with Crippen LogP contribution in [0.1, 0.15) is 5.56 Å². The van der Waals surface area contributed by atoms with Crippen molar-refractivity contribution in [3.8, 4) is 0 Å². The van der Waals surface area contributed by atoms with Crippen molar-refractivity contribution in [1.29, 1.82) is 0 Å². The highest BCUT2D eigenvalue weighted by atomic mass is 79.9. The molecule has 0 aliphatic heterocycles. The van der Waals surface area contributed by atoms with Gasteiger partial charge in [0.15, 0.2) is 0 Å². The van der Waals surface area contributed by atoms with Crippen molar-refractivity contribution in [1.82, 2.24) is 10.2 Å². The number of amides is 2. The minimum Gasteiger partial charge on any atom is -0.337 e. The van der Waals surface area contributed by atoms with Crippen LogP contribution >= 0.6 is 15.9 Å². The Kier molecular flexibility index (Phi) is 5.44. The van der Waals surface area contributed by atoms with Crippen molar-refractivity contribution in [2.75, 3.05) is 32.5 Å². The summed E-state index contributed by atoms with van der Waals surface area (Å²) in [5.41, 5.74) is 1.92. The van der Waals surface area contributed by atoms with Gasteiger partial charge >= 0.3 is 6.03 Å². The molecule has 0 aromatic heterocycles. The molecular formula is C12H18BrN3O. The third-order valence-corrected chi connectivity index (χ3v) is 2.87. The van der Waals surface area contributed by atoms with E-state index in [0.29, 0.717) is 6.54 Å².